The average Bonchev–Trinajstić information content (AvgIpc) is 2.46. The number of Topliss-reactive ketones (excluding diaryl/α,β-unsaturated/α-hetero) is 1. The van der Waals surface area contributed by atoms with Crippen molar-refractivity contribution < 1.29 is 14.3 Å². The van der Waals surface area contributed by atoms with Crippen molar-refractivity contribution in [3.05, 3.63) is 29.8 Å². The third kappa shape index (κ3) is 5.25. The summed E-state index contributed by atoms with van der Waals surface area (Å²) in [6.45, 7) is 8.35. The number of ether oxygens (including phenoxy) is 1. The number of carbonyl (C=O) groups is 2. The van der Waals surface area contributed by atoms with Crippen LogP contribution in [0.4, 0.5) is 10.5 Å². The standard InChI is InChI=1S/C17H25N3O3/c1-17(2,3)23-16(22)20-9-7-19(8-10-20)12-15(21)13-5-4-6-14(18)11-13/h4-6,11H,7-10,12,18H2,1-3H3. The molecule has 0 saturated carbocycles. The lowest BCUT2D eigenvalue weighted by Gasteiger charge is -2.35. The van der Waals surface area contributed by atoms with Gasteiger partial charge in [-0.15, -0.1) is 0 Å². The molecule has 0 unspecified atom stereocenters. The van der Waals surface area contributed by atoms with Crippen molar-refractivity contribution in [1.29, 1.82) is 0 Å². The van der Waals surface area contributed by atoms with Gasteiger partial charge in [-0.1, -0.05) is 12.1 Å². The molecule has 6 heteroatoms. The molecule has 2 rings (SSSR count). The maximum absolute atomic E-state index is 12.3. The number of nitrogens with zero attached hydrogens (tertiary/aromatic N) is 2. The van der Waals surface area contributed by atoms with Crippen LogP contribution in [0.3, 0.4) is 0 Å². The van der Waals surface area contributed by atoms with E-state index in [1.54, 1.807) is 29.2 Å². The van der Waals surface area contributed by atoms with E-state index in [0.29, 0.717) is 44.0 Å². The Labute approximate surface area is 137 Å². The molecule has 0 bridgehead atoms. The van der Waals surface area contributed by atoms with Gasteiger partial charge in [0.15, 0.2) is 5.78 Å². The fourth-order valence-corrected chi connectivity index (χ4v) is 2.42. The fourth-order valence-electron chi connectivity index (χ4n) is 2.42. The van der Waals surface area contributed by atoms with Crippen molar-refractivity contribution in [2.45, 2.75) is 26.4 Å². The van der Waals surface area contributed by atoms with E-state index >= 15 is 0 Å². The first-order valence-corrected chi connectivity index (χ1v) is 7.83. The Morgan fingerprint density at radius 3 is 2.39 bits per heavy atom. The molecule has 1 aromatic rings. The molecule has 6 nitrogen and oxygen atoms in total. The van der Waals surface area contributed by atoms with E-state index in [0.717, 1.165) is 0 Å². The van der Waals surface area contributed by atoms with Crippen molar-refractivity contribution in [2.24, 2.45) is 0 Å². The molecule has 1 aliphatic rings. The van der Waals surface area contributed by atoms with E-state index < -0.39 is 5.60 Å². The summed E-state index contributed by atoms with van der Waals surface area (Å²) in [7, 11) is 0. The number of anilines is 1. The summed E-state index contributed by atoms with van der Waals surface area (Å²) in [5.41, 5.74) is 6.43. The van der Waals surface area contributed by atoms with Crippen molar-refractivity contribution in [1.82, 2.24) is 9.80 Å². The number of ketones is 1. The minimum absolute atomic E-state index is 0.0445. The van der Waals surface area contributed by atoms with Crippen LogP contribution in [0.1, 0.15) is 31.1 Å². The highest BCUT2D eigenvalue weighted by Gasteiger charge is 2.26. The molecule has 1 amide bonds. The van der Waals surface area contributed by atoms with E-state index in [1.807, 2.05) is 25.7 Å². The molecule has 0 aliphatic carbocycles. The molecule has 0 aromatic heterocycles. The maximum atomic E-state index is 12.3. The first-order valence-electron chi connectivity index (χ1n) is 7.83. The molecule has 1 aliphatic heterocycles. The normalized spacial score (nSPS) is 16.2. The van der Waals surface area contributed by atoms with Gasteiger partial charge in [-0.2, -0.15) is 0 Å². The molecular weight excluding hydrogens is 294 g/mol. The lowest BCUT2D eigenvalue weighted by atomic mass is 10.1. The number of hydrogen-bond donors (Lipinski definition) is 1. The molecule has 0 radical (unpaired) electrons. The molecule has 0 spiro atoms. The zero-order valence-electron chi connectivity index (χ0n) is 14.0. The highest BCUT2D eigenvalue weighted by Crippen LogP contribution is 2.13. The van der Waals surface area contributed by atoms with E-state index in [4.69, 9.17) is 10.5 Å². The minimum atomic E-state index is -0.489. The highest BCUT2D eigenvalue weighted by molar-refractivity contribution is 5.98. The number of nitrogen functional groups attached to an aromatic ring is 1. The van der Waals surface area contributed by atoms with Crippen LogP contribution in [0, 0.1) is 0 Å². The molecule has 1 heterocycles. The van der Waals surface area contributed by atoms with Gasteiger partial charge in [0.1, 0.15) is 5.60 Å². The predicted octanol–water partition coefficient (Wildman–Crippen LogP) is 2.00. The third-order valence-electron chi connectivity index (χ3n) is 3.60. The summed E-state index contributed by atoms with van der Waals surface area (Å²) in [6, 6.07) is 7.01. The number of hydrogen-bond acceptors (Lipinski definition) is 5. The van der Waals surface area contributed by atoms with Gasteiger partial charge in [-0.25, -0.2) is 4.79 Å². The second-order valence-electron chi connectivity index (χ2n) is 6.79. The van der Waals surface area contributed by atoms with Crippen LogP contribution in [-0.2, 0) is 4.74 Å². The Balaban J connectivity index is 1.83. The summed E-state index contributed by atoms with van der Waals surface area (Å²) in [5.74, 6) is 0.0445. The first-order chi connectivity index (χ1) is 10.7. The Morgan fingerprint density at radius 2 is 1.83 bits per heavy atom. The molecule has 23 heavy (non-hydrogen) atoms. The lowest BCUT2D eigenvalue weighted by molar-refractivity contribution is 0.0149. The molecule has 1 saturated heterocycles. The van der Waals surface area contributed by atoms with Crippen LogP contribution < -0.4 is 5.73 Å². The number of benzene rings is 1. The van der Waals surface area contributed by atoms with E-state index in [1.165, 1.54) is 0 Å². The minimum Gasteiger partial charge on any atom is -0.444 e. The molecule has 2 N–H and O–H groups in total. The molecule has 126 valence electrons. The number of piperazine rings is 1. The molecule has 0 atom stereocenters. The third-order valence-corrected chi connectivity index (χ3v) is 3.60. The largest absolute Gasteiger partial charge is 0.444 e. The van der Waals surface area contributed by atoms with E-state index in [9.17, 15) is 9.59 Å². The summed E-state index contributed by atoms with van der Waals surface area (Å²) in [4.78, 5) is 28.0. The SMILES string of the molecule is CC(C)(C)OC(=O)N1CCN(CC(=O)c2cccc(N)c2)CC1. The van der Waals surface area contributed by atoms with Gasteiger partial charge in [0, 0.05) is 37.4 Å². The molecule has 1 aromatic carbocycles. The summed E-state index contributed by atoms with van der Waals surface area (Å²) in [6.07, 6.45) is -0.292. The van der Waals surface area contributed by atoms with Crippen LogP contribution in [0.25, 0.3) is 0 Å². The van der Waals surface area contributed by atoms with Crippen molar-refractivity contribution in [3.63, 3.8) is 0 Å². The zero-order valence-corrected chi connectivity index (χ0v) is 14.0. The van der Waals surface area contributed by atoms with Crippen LogP contribution >= 0.6 is 0 Å². The summed E-state index contributed by atoms with van der Waals surface area (Å²) in [5, 5.41) is 0. The highest BCUT2D eigenvalue weighted by atomic mass is 16.6. The van der Waals surface area contributed by atoms with E-state index in [-0.39, 0.29) is 11.9 Å². The predicted molar refractivity (Wildman–Crippen MR) is 89.4 cm³/mol. The number of amides is 1. The van der Waals surface area contributed by atoms with Gasteiger partial charge in [0.2, 0.25) is 0 Å². The summed E-state index contributed by atoms with van der Waals surface area (Å²) < 4.78 is 5.36. The number of rotatable bonds is 3. The second kappa shape index (κ2) is 7.00. The van der Waals surface area contributed by atoms with Gasteiger partial charge in [0.05, 0.1) is 6.54 Å². The van der Waals surface area contributed by atoms with Crippen LogP contribution in [0.5, 0.6) is 0 Å². The average molecular weight is 319 g/mol. The van der Waals surface area contributed by atoms with Gasteiger partial charge in [-0.05, 0) is 32.9 Å². The monoisotopic (exact) mass is 319 g/mol. The van der Waals surface area contributed by atoms with E-state index in [2.05, 4.69) is 0 Å². The Hall–Kier alpha value is -2.08. The van der Waals surface area contributed by atoms with Crippen LogP contribution in [0.2, 0.25) is 0 Å². The van der Waals surface area contributed by atoms with Crippen LogP contribution in [0.15, 0.2) is 24.3 Å². The quantitative estimate of drug-likeness (QED) is 0.681. The van der Waals surface area contributed by atoms with Gasteiger partial charge < -0.3 is 15.4 Å². The Morgan fingerprint density at radius 1 is 1.17 bits per heavy atom. The number of nitrogens with two attached hydrogens (primary N) is 1. The first kappa shape index (κ1) is 17.3. The van der Waals surface area contributed by atoms with Crippen LogP contribution in [-0.4, -0.2) is 60.0 Å². The Bertz CT molecular complexity index is 573. The van der Waals surface area contributed by atoms with Crippen molar-refractivity contribution in [2.75, 3.05) is 38.5 Å². The van der Waals surface area contributed by atoms with Crippen molar-refractivity contribution in [3.8, 4) is 0 Å². The number of carbonyl (C=O) groups excluding carboxylic acids is 2. The van der Waals surface area contributed by atoms with Gasteiger partial charge >= 0.3 is 6.09 Å². The van der Waals surface area contributed by atoms with Gasteiger partial charge in [0.25, 0.3) is 0 Å². The topological polar surface area (TPSA) is 75.9 Å². The zero-order chi connectivity index (χ0) is 17.0. The maximum Gasteiger partial charge on any atom is 0.410 e. The second-order valence-corrected chi connectivity index (χ2v) is 6.79. The molecule has 1 fully saturated rings. The molecular formula is C17H25N3O3. The fraction of sp³-hybridized carbons (Fsp3) is 0.529. The smallest absolute Gasteiger partial charge is 0.410 e. The lowest BCUT2D eigenvalue weighted by Crippen LogP contribution is -2.51. The Kier molecular flexibility index (Phi) is 5.26. The van der Waals surface area contributed by atoms with Gasteiger partial charge in [-0.3, -0.25) is 9.69 Å². The summed E-state index contributed by atoms with van der Waals surface area (Å²) >= 11 is 0. The van der Waals surface area contributed by atoms with Crippen molar-refractivity contribution >= 4 is 17.6 Å².